The summed E-state index contributed by atoms with van der Waals surface area (Å²) in [6, 6.07) is 18.5. The Balaban J connectivity index is 1.80. The molecule has 0 aliphatic heterocycles. The number of carbonyl (C=O) groups excluding carboxylic acids is 1. The summed E-state index contributed by atoms with van der Waals surface area (Å²) in [7, 11) is 0. The van der Waals surface area contributed by atoms with Gasteiger partial charge in [-0.15, -0.1) is 0 Å². The quantitative estimate of drug-likeness (QED) is 0.309. The highest BCUT2D eigenvalue weighted by molar-refractivity contribution is 6.01. The first-order valence-electron chi connectivity index (χ1n) is 12.0. The van der Waals surface area contributed by atoms with Gasteiger partial charge in [-0.3, -0.25) is 14.0 Å². The number of aryl methyl sites for hydroxylation is 2. The van der Waals surface area contributed by atoms with Crippen LogP contribution in [0.3, 0.4) is 0 Å². The van der Waals surface area contributed by atoms with E-state index in [0.29, 0.717) is 11.2 Å². The molecule has 3 N–H and O–H groups in total. The summed E-state index contributed by atoms with van der Waals surface area (Å²) in [5.41, 5.74) is 5.16. The van der Waals surface area contributed by atoms with Crippen molar-refractivity contribution >= 4 is 23.3 Å². The fraction of sp³-hybridized carbons (Fsp3) is 0.276. The first-order valence-corrected chi connectivity index (χ1v) is 12.0. The Morgan fingerprint density at radius 1 is 1.00 bits per heavy atom. The second-order valence-electron chi connectivity index (χ2n) is 10.2. The number of fused-ring (bicyclic) bond motifs is 1. The number of pyridine rings is 1. The lowest BCUT2D eigenvalue weighted by molar-refractivity contribution is -0.137. The van der Waals surface area contributed by atoms with E-state index in [-0.39, 0.29) is 17.9 Å². The van der Waals surface area contributed by atoms with Crippen LogP contribution in [0.1, 0.15) is 60.3 Å². The molecule has 2 aromatic heterocycles. The average molecular weight is 485 g/mol. The maximum absolute atomic E-state index is 13.5. The largest absolute Gasteiger partial charge is 0.481 e. The first kappa shape index (κ1) is 25.0. The van der Waals surface area contributed by atoms with E-state index in [2.05, 4.69) is 37.5 Å². The number of rotatable bonds is 7. The maximum atomic E-state index is 13.5. The number of hydrogen-bond donors (Lipinski definition) is 3. The average Bonchev–Trinajstić information content (AvgIpc) is 3.15. The number of carboxylic acid groups (broad SMARTS) is 1. The minimum absolute atomic E-state index is 0.224. The molecule has 0 radical (unpaired) electrons. The number of carbonyl (C=O) groups is 2. The van der Waals surface area contributed by atoms with E-state index in [9.17, 15) is 14.7 Å². The molecule has 0 aliphatic carbocycles. The molecular formula is C29H32N4O3. The standard InChI is InChI=1S/C29H32N4O3/c1-18-9-6-11-20(15-18)23(17-24(34)35)30-28(36)22-13-8-14-33-26(22)31-25(27(33)32-29(3,4)5)21-12-7-10-19(2)16-21/h6-16,23,32H,17H2,1-5H3,(H,30,36)(H,34,35). The molecule has 186 valence electrons. The SMILES string of the molecule is Cc1cccc(-c2nc3c(C(=O)NC(CC(=O)O)c4cccc(C)c4)cccn3c2NC(C)(C)C)c1. The number of carboxylic acids is 1. The van der Waals surface area contributed by atoms with E-state index in [1.54, 1.807) is 12.1 Å². The number of benzene rings is 2. The smallest absolute Gasteiger partial charge is 0.305 e. The van der Waals surface area contributed by atoms with Crippen LogP contribution in [0.4, 0.5) is 5.82 Å². The van der Waals surface area contributed by atoms with Crippen molar-refractivity contribution in [1.29, 1.82) is 0 Å². The zero-order chi connectivity index (χ0) is 26.0. The number of anilines is 1. The van der Waals surface area contributed by atoms with Gasteiger partial charge in [0.05, 0.1) is 18.0 Å². The number of amides is 1. The molecule has 1 amide bonds. The first-order chi connectivity index (χ1) is 17.0. The van der Waals surface area contributed by atoms with Crippen LogP contribution < -0.4 is 10.6 Å². The maximum Gasteiger partial charge on any atom is 0.305 e. The van der Waals surface area contributed by atoms with Gasteiger partial charge < -0.3 is 15.7 Å². The van der Waals surface area contributed by atoms with Crippen LogP contribution in [0.25, 0.3) is 16.9 Å². The Labute approximate surface area is 211 Å². The summed E-state index contributed by atoms with van der Waals surface area (Å²) in [5.74, 6) is -0.575. The van der Waals surface area contributed by atoms with Crippen molar-refractivity contribution in [2.24, 2.45) is 0 Å². The Bertz CT molecular complexity index is 1430. The molecular weight excluding hydrogens is 452 g/mol. The molecule has 0 aliphatic rings. The lowest BCUT2D eigenvalue weighted by atomic mass is 10.0. The highest BCUT2D eigenvalue weighted by atomic mass is 16.4. The van der Waals surface area contributed by atoms with Gasteiger partial charge in [0, 0.05) is 17.3 Å². The third-order valence-electron chi connectivity index (χ3n) is 5.81. The fourth-order valence-corrected chi connectivity index (χ4v) is 4.26. The van der Waals surface area contributed by atoms with Crippen LogP contribution in [0.15, 0.2) is 66.9 Å². The normalized spacial score (nSPS) is 12.4. The topological polar surface area (TPSA) is 95.7 Å². The van der Waals surface area contributed by atoms with Crippen LogP contribution in [-0.4, -0.2) is 31.9 Å². The number of aromatic nitrogens is 2. The third-order valence-corrected chi connectivity index (χ3v) is 5.81. The van der Waals surface area contributed by atoms with Crippen LogP contribution >= 0.6 is 0 Å². The highest BCUT2D eigenvalue weighted by Gasteiger charge is 2.25. The van der Waals surface area contributed by atoms with Gasteiger partial charge in [-0.2, -0.15) is 0 Å². The van der Waals surface area contributed by atoms with Crippen molar-refractivity contribution in [3.05, 3.63) is 89.1 Å². The summed E-state index contributed by atoms with van der Waals surface area (Å²) in [6.07, 6.45) is 1.65. The molecule has 7 nitrogen and oxygen atoms in total. The van der Waals surface area contributed by atoms with E-state index in [1.165, 1.54) is 0 Å². The number of nitrogens with zero attached hydrogens (tertiary/aromatic N) is 2. The number of hydrogen-bond acceptors (Lipinski definition) is 4. The Morgan fingerprint density at radius 3 is 2.33 bits per heavy atom. The van der Waals surface area contributed by atoms with Crippen LogP contribution in [-0.2, 0) is 4.79 Å². The Kier molecular flexibility index (Phi) is 6.84. The molecule has 2 aromatic carbocycles. The van der Waals surface area contributed by atoms with Gasteiger partial charge >= 0.3 is 5.97 Å². The summed E-state index contributed by atoms with van der Waals surface area (Å²) in [4.78, 5) is 30.0. The predicted molar refractivity (Wildman–Crippen MR) is 142 cm³/mol. The van der Waals surface area contributed by atoms with Gasteiger partial charge in [-0.1, -0.05) is 53.6 Å². The molecule has 7 heteroatoms. The van der Waals surface area contributed by atoms with Crippen LogP contribution in [0, 0.1) is 13.8 Å². The number of imidazole rings is 1. The molecule has 4 rings (SSSR count). The summed E-state index contributed by atoms with van der Waals surface area (Å²) in [5, 5.41) is 16.0. The molecule has 36 heavy (non-hydrogen) atoms. The van der Waals surface area contributed by atoms with Crippen molar-refractivity contribution < 1.29 is 14.7 Å². The van der Waals surface area contributed by atoms with Gasteiger partial charge in [-0.05, 0) is 58.4 Å². The highest BCUT2D eigenvalue weighted by Crippen LogP contribution is 2.32. The van der Waals surface area contributed by atoms with E-state index < -0.39 is 12.0 Å². The molecule has 0 saturated heterocycles. The second kappa shape index (κ2) is 9.85. The predicted octanol–water partition coefficient (Wildman–Crippen LogP) is 5.77. The van der Waals surface area contributed by atoms with E-state index >= 15 is 0 Å². The van der Waals surface area contributed by atoms with Crippen molar-refractivity contribution in [2.75, 3.05) is 5.32 Å². The third kappa shape index (κ3) is 5.57. The summed E-state index contributed by atoms with van der Waals surface area (Å²) >= 11 is 0. The van der Waals surface area contributed by atoms with Crippen molar-refractivity contribution in [3.8, 4) is 11.3 Å². The molecule has 0 bridgehead atoms. The molecule has 4 aromatic rings. The molecule has 1 atom stereocenters. The summed E-state index contributed by atoms with van der Waals surface area (Å²) < 4.78 is 1.89. The van der Waals surface area contributed by atoms with Crippen molar-refractivity contribution in [2.45, 2.75) is 52.6 Å². The van der Waals surface area contributed by atoms with Gasteiger partial charge in [0.15, 0.2) is 5.65 Å². The Hall–Kier alpha value is -4.13. The second-order valence-corrected chi connectivity index (χ2v) is 10.2. The zero-order valence-corrected chi connectivity index (χ0v) is 21.3. The van der Waals surface area contributed by atoms with Gasteiger partial charge in [0.2, 0.25) is 0 Å². The zero-order valence-electron chi connectivity index (χ0n) is 21.3. The van der Waals surface area contributed by atoms with Gasteiger partial charge in [0.1, 0.15) is 11.5 Å². The lowest BCUT2D eigenvalue weighted by Crippen LogP contribution is -2.30. The van der Waals surface area contributed by atoms with Crippen molar-refractivity contribution in [1.82, 2.24) is 14.7 Å². The minimum Gasteiger partial charge on any atom is -0.481 e. The molecule has 0 saturated carbocycles. The lowest BCUT2D eigenvalue weighted by Gasteiger charge is -2.23. The van der Waals surface area contributed by atoms with Gasteiger partial charge in [0.25, 0.3) is 5.91 Å². The number of aliphatic carboxylic acids is 1. The summed E-state index contributed by atoms with van der Waals surface area (Å²) in [6.45, 7) is 10.2. The molecule has 0 fully saturated rings. The molecule has 1 unspecified atom stereocenters. The molecule has 2 heterocycles. The molecule has 0 spiro atoms. The van der Waals surface area contributed by atoms with E-state index in [0.717, 1.165) is 33.8 Å². The fourth-order valence-electron chi connectivity index (χ4n) is 4.26. The van der Waals surface area contributed by atoms with Gasteiger partial charge in [-0.25, -0.2) is 4.98 Å². The van der Waals surface area contributed by atoms with E-state index in [4.69, 9.17) is 4.98 Å². The Morgan fingerprint density at radius 2 is 1.69 bits per heavy atom. The van der Waals surface area contributed by atoms with Crippen LogP contribution in [0.5, 0.6) is 0 Å². The van der Waals surface area contributed by atoms with Crippen LogP contribution in [0.2, 0.25) is 0 Å². The van der Waals surface area contributed by atoms with E-state index in [1.807, 2.05) is 66.9 Å². The van der Waals surface area contributed by atoms with Crippen molar-refractivity contribution in [3.63, 3.8) is 0 Å². The monoisotopic (exact) mass is 484 g/mol. The number of nitrogens with one attached hydrogen (secondary N) is 2. The minimum atomic E-state index is -0.987.